The van der Waals surface area contributed by atoms with Crippen molar-refractivity contribution in [3.05, 3.63) is 69.8 Å². The van der Waals surface area contributed by atoms with Gasteiger partial charge in [0.1, 0.15) is 12.1 Å². The zero-order valence-corrected chi connectivity index (χ0v) is 21.6. The van der Waals surface area contributed by atoms with E-state index in [0.717, 1.165) is 75.2 Å². The molecule has 0 unspecified atom stereocenters. The van der Waals surface area contributed by atoms with E-state index >= 15 is 0 Å². The second-order valence-corrected chi connectivity index (χ2v) is 8.81. The summed E-state index contributed by atoms with van der Waals surface area (Å²) in [5, 5.41) is 19.4. The smallest absolute Gasteiger partial charge is 0.177 e. The van der Waals surface area contributed by atoms with Gasteiger partial charge in [0.25, 0.3) is 0 Å². The Morgan fingerprint density at radius 2 is 1.25 bits per heavy atom. The first-order valence-corrected chi connectivity index (χ1v) is 12.2. The highest BCUT2D eigenvalue weighted by Gasteiger charge is 2.19. The van der Waals surface area contributed by atoms with Crippen molar-refractivity contribution in [1.29, 1.82) is 10.5 Å². The fourth-order valence-corrected chi connectivity index (χ4v) is 4.85. The van der Waals surface area contributed by atoms with E-state index in [4.69, 9.17) is 9.97 Å². The lowest BCUT2D eigenvalue weighted by Gasteiger charge is -2.01. The Bertz CT molecular complexity index is 1590. The fraction of sp³-hybridized carbons (Fsp3) is 0.310. The van der Waals surface area contributed by atoms with Crippen molar-refractivity contribution in [1.82, 2.24) is 24.9 Å². The van der Waals surface area contributed by atoms with Crippen molar-refractivity contribution in [2.24, 2.45) is 0 Å². The molecule has 4 rings (SSSR count). The molecule has 0 fully saturated rings. The number of aromatic amines is 1. The Morgan fingerprint density at radius 1 is 0.694 bits per heavy atom. The molecular weight excluding hydrogens is 446 g/mol. The third kappa shape index (κ3) is 4.25. The van der Waals surface area contributed by atoms with Crippen LogP contribution >= 0.6 is 0 Å². The summed E-state index contributed by atoms with van der Waals surface area (Å²) >= 11 is 0. The van der Waals surface area contributed by atoms with Gasteiger partial charge in [-0.2, -0.15) is 10.5 Å². The van der Waals surface area contributed by atoms with Crippen molar-refractivity contribution in [3.63, 3.8) is 0 Å². The minimum absolute atomic E-state index is 0.0480. The first kappa shape index (κ1) is 24.8. The zero-order valence-electron chi connectivity index (χ0n) is 21.6. The van der Waals surface area contributed by atoms with Crippen LogP contribution < -0.4 is 0 Å². The Labute approximate surface area is 211 Å². The third-order valence-corrected chi connectivity index (χ3v) is 6.92. The van der Waals surface area contributed by atoms with Crippen molar-refractivity contribution in [2.75, 3.05) is 0 Å². The van der Waals surface area contributed by atoms with Crippen LogP contribution in [0.4, 0.5) is 0 Å². The molecule has 7 heteroatoms. The van der Waals surface area contributed by atoms with Gasteiger partial charge in [0.2, 0.25) is 0 Å². The summed E-state index contributed by atoms with van der Waals surface area (Å²) in [6.45, 7) is 12.5. The minimum atomic E-state index is -0.0545. The predicted molar refractivity (Wildman–Crippen MR) is 143 cm³/mol. The maximum absolute atomic E-state index is 9.69. The van der Waals surface area contributed by atoms with Crippen molar-refractivity contribution in [3.8, 4) is 12.1 Å². The highest BCUT2D eigenvalue weighted by atomic mass is 14.8. The van der Waals surface area contributed by atoms with Gasteiger partial charge in [-0.1, -0.05) is 20.8 Å². The highest BCUT2D eigenvalue weighted by molar-refractivity contribution is 5.94. The second-order valence-electron chi connectivity index (χ2n) is 8.81. The van der Waals surface area contributed by atoms with Gasteiger partial charge in [-0.25, -0.2) is 19.9 Å². The number of aryl methyl sites for hydroxylation is 2. The van der Waals surface area contributed by atoms with E-state index in [-0.39, 0.29) is 11.4 Å². The fourth-order valence-electron chi connectivity index (χ4n) is 4.85. The van der Waals surface area contributed by atoms with E-state index in [1.807, 2.05) is 32.1 Å². The van der Waals surface area contributed by atoms with E-state index in [2.05, 4.69) is 48.7 Å². The Hall–Kier alpha value is -4.36. The van der Waals surface area contributed by atoms with Crippen LogP contribution in [-0.4, -0.2) is 24.9 Å². The number of H-pyrrole nitrogens is 1. The van der Waals surface area contributed by atoms with Gasteiger partial charge >= 0.3 is 0 Å². The molecule has 0 saturated carbocycles. The van der Waals surface area contributed by atoms with Gasteiger partial charge in [0, 0.05) is 5.52 Å². The lowest BCUT2D eigenvalue weighted by molar-refractivity contribution is 1.14. The standard InChI is InChI=1S/C29H29N7/c1-7-19-16(4)22-10-23-20(8-2)17(5)28(35-23)14-32-26(12-30)27(13-31)33-15-29-18(6)21(9-3)25(36-29)11-24(19)34-22/h10-11,14-15,36H,7-9H2,1-6H3. The molecule has 0 amide bonds. The van der Waals surface area contributed by atoms with Crippen molar-refractivity contribution < 1.29 is 0 Å². The second kappa shape index (κ2) is 10.1. The summed E-state index contributed by atoms with van der Waals surface area (Å²) in [7, 11) is 0. The molecule has 2 aromatic heterocycles. The quantitative estimate of drug-likeness (QED) is 0.543. The first-order chi connectivity index (χ1) is 17.4. The number of fused-ring (bicyclic) bond motifs is 6. The number of hydrogen-bond acceptors (Lipinski definition) is 6. The number of nitrogens with zero attached hydrogens (tertiary/aromatic N) is 6. The van der Waals surface area contributed by atoms with E-state index < -0.39 is 0 Å². The normalized spacial score (nSPS) is 12.8. The van der Waals surface area contributed by atoms with Crippen molar-refractivity contribution >= 4 is 33.3 Å². The number of rotatable bonds is 3. The van der Waals surface area contributed by atoms with Crippen molar-refractivity contribution in [2.45, 2.75) is 60.8 Å². The monoisotopic (exact) mass is 475 g/mol. The first-order valence-electron chi connectivity index (χ1n) is 12.2. The van der Waals surface area contributed by atoms with Gasteiger partial charge in [-0.15, -0.1) is 0 Å². The Kier molecular flexibility index (Phi) is 6.94. The van der Waals surface area contributed by atoms with Crippen LogP contribution in [-0.2, 0) is 6.42 Å². The average molecular weight is 476 g/mol. The molecule has 2 aliphatic rings. The predicted octanol–water partition coefficient (Wildman–Crippen LogP) is 6.48. The molecule has 180 valence electrons. The summed E-state index contributed by atoms with van der Waals surface area (Å²) in [4.78, 5) is 21.9. The van der Waals surface area contributed by atoms with Crippen LogP contribution in [0.1, 0.15) is 92.8 Å². The summed E-state index contributed by atoms with van der Waals surface area (Å²) < 4.78 is 0. The van der Waals surface area contributed by atoms with Gasteiger partial charge in [0.05, 0.1) is 40.7 Å². The molecular formula is C29H29N7. The molecule has 0 atom stereocenters. The van der Waals surface area contributed by atoms with E-state index in [0.29, 0.717) is 5.69 Å². The molecule has 7 nitrogen and oxygen atoms in total. The molecule has 4 heterocycles. The summed E-state index contributed by atoms with van der Waals surface area (Å²) in [6, 6.07) is 8.17. The van der Waals surface area contributed by atoms with Gasteiger partial charge in [-0.3, -0.25) is 0 Å². The molecule has 0 spiro atoms. The molecule has 0 aromatic carbocycles. The van der Waals surface area contributed by atoms with Crippen LogP contribution in [0.15, 0.2) is 24.5 Å². The number of nitrogens with one attached hydrogen (secondary N) is 1. The molecule has 36 heavy (non-hydrogen) atoms. The molecule has 0 saturated heterocycles. The van der Waals surface area contributed by atoms with Crippen LogP contribution in [0.5, 0.6) is 0 Å². The maximum Gasteiger partial charge on any atom is 0.177 e. The minimum Gasteiger partial charge on any atom is -0.354 e. The number of allylic oxidation sites excluding steroid dienone is 4. The number of nitriles is 2. The molecule has 2 aromatic rings. The molecule has 0 radical (unpaired) electrons. The summed E-state index contributed by atoms with van der Waals surface area (Å²) in [6.07, 6.45) is 5.64. The molecule has 6 bridgehead atoms. The largest absolute Gasteiger partial charge is 0.354 e. The highest BCUT2D eigenvalue weighted by Crippen LogP contribution is 2.35. The van der Waals surface area contributed by atoms with Crippen LogP contribution in [0.2, 0.25) is 0 Å². The molecule has 0 aliphatic carbocycles. The lowest BCUT2D eigenvalue weighted by Crippen LogP contribution is -1.89. The summed E-state index contributed by atoms with van der Waals surface area (Å²) in [5.74, 6) is 0. The van der Waals surface area contributed by atoms with E-state index in [1.54, 1.807) is 12.4 Å². The SMILES string of the molecule is CCC1=C(C)c2cnc(C#N)c(C#N)ncc3[nH]c(cc4nc(cc1n2)C(C)=C4CC)c(CC)c3C. The van der Waals surface area contributed by atoms with E-state index in [1.165, 1.54) is 5.57 Å². The Morgan fingerprint density at radius 3 is 1.83 bits per heavy atom. The maximum atomic E-state index is 9.69. The third-order valence-electron chi connectivity index (χ3n) is 6.92. The number of hydrogen-bond donors (Lipinski definition) is 1. The van der Waals surface area contributed by atoms with Crippen LogP contribution in [0, 0.1) is 29.6 Å². The van der Waals surface area contributed by atoms with Gasteiger partial charge in [-0.05, 0) is 85.6 Å². The van der Waals surface area contributed by atoms with Gasteiger partial charge < -0.3 is 4.98 Å². The Balaban J connectivity index is 2.21. The van der Waals surface area contributed by atoms with Gasteiger partial charge in [0.15, 0.2) is 11.4 Å². The lowest BCUT2D eigenvalue weighted by atomic mass is 10.0. The number of aromatic nitrogens is 5. The average Bonchev–Trinajstić information content (AvgIpc) is 3.45. The molecule has 2 aliphatic heterocycles. The molecule has 1 N–H and O–H groups in total. The van der Waals surface area contributed by atoms with E-state index in [9.17, 15) is 10.5 Å². The van der Waals surface area contributed by atoms with Crippen LogP contribution in [0.3, 0.4) is 0 Å². The zero-order chi connectivity index (χ0) is 26.0. The topological polar surface area (TPSA) is 115 Å². The van der Waals surface area contributed by atoms with Crippen LogP contribution in [0.25, 0.3) is 33.3 Å². The summed E-state index contributed by atoms with van der Waals surface area (Å²) in [5.41, 5.74) is 11.7.